The van der Waals surface area contributed by atoms with Crippen molar-refractivity contribution in [2.75, 3.05) is 6.61 Å². The normalized spacial score (nSPS) is 12.2. The Morgan fingerprint density at radius 1 is 1.35 bits per heavy atom. The standard InChI is InChI=1S/C17H21NO5/c1-10(2)16-17(22-9-18-16)12(4)23-13-5-6-14(11(3)7-13)21-8-15(19)20/h5-7,9-10,12H,8H2,1-4H3,(H,19,20). The number of carboxylic acids is 1. The van der Waals surface area contributed by atoms with E-state index in [0.29, 0.717) is 17.3 Å². The Labute approximate surface area is 135 Å². The summed E-state index contributed by atoms with van der Waals surface area (Å²) in [5.74, 6) is 1.13. The van der Waals surface area contributed by atoms with Gasteiger partial charge in [0, 0.05) is 0 Å². The minimum Gasteiger partial charge on any atom is -0.483 e. The number of carboxylic acid groups (broad SMARTS) is 1. The predicted molar refractivity (Wildman–Crippen MR) is 83.9 cm³/mol. The maximum Gasteiger partial charge on any atom is 0.341 e. The molecule has 0 aliphatic heterocycles. The minimum absolute atomic E-state index is 0.253. The molecule has 0 aliphatic rings. The van der Waals surface area contributed by atoms with Crippen LogP contribution in [0, 0.1) is 6.92 Å². The Bertz CT molecular complexity index is 677. The highest BCUT2D eigenvalue weighted by atomic mass is 16.5. The number of aryl methyl sites for hydroxylation is 1. The van der Waals surface area contributed by atoms with Gasteiger partial charge in [-0.25, -0.2) is 9.78 Å². The summed E-state index contributed by atoms with van der Waals surface area (Å²) in [6.07, 6.45) is 1.15. The molecule has 1 atom stereocenters. The molecular formula is C17H21NO5. The van der Waals surface area contributed by atoms with Crippen molar-refractivity contribution in [1.82, 2.24) is 4.98 Å². The van der Waals surface area contributed by atoms with Crippen molar-refractivity contribution in [3.05, 3.63) is 41.6 Å². The summed E-state index contributed by atoms with van der Waals surface area (Å²) in [6.45, 7) is 7.46. The first kappa shape index (κ1) is 16.9. The third-order valence-electron chi connectivity index (χ3n) is 3.35. The molecule has 6 heteroatoms. The van der Waals surface area contributed by atoms with Crippen molar-refractivity contribution in [3.63, 3.8) is 0 Å². The van der Waals surface area contributed by atoms with E-state index >= 15 is 0 Å². The summed E-state index contributed by atoms with van der Waals surface area (Å²) in [5, 5.41) is 8.65. The predicted octanol–water partition coefficient (Wildman–Crippen LogP) is 3.71. The number of aromatic nitrogens is 1. The van der Waals surface area contributed by atoms with E-state index in [0.717, 1.165) is 11.3 Å². The first-order valence-electron chi connectivity index (χ1n) is 7.43. The lowest BCUT2D eigenvalue weighted by Crippen LogP contribution is -2.10. The number of hydrogen-bond donors (Lipinski definition) is 1. The smallest absolute Gasteiger partial charge is 0.341 e. The average molecular weight is 319 g/mol. The summed E-state index contributed by atoms with van der Waals surface area (Å²) in [4.78, 5) is 14.8. The number of carbonyl (C=O) groups is 1. The lowest BCUT2D eigenvalue weighted by molar-refractivity contribution is -0.139. The van der Waals surface area contributed by atoms with Gasteiger partial charge in [0.05, 0.1) is 5.69 Å². The second kappa shape index (κ2) is 7.17. The van der Waals surface area contributed by atoms with Crippen molar-refractivity contribution < 1.29 is 23.8 Å². The number of ether oxygens (including phenoxy) is 2. The lowest BCUT2D eigenvalue weighted by Gasteiger charge is -2.16. The van der Waals surface area contributed by atoms with Crippen LogP contribution in [0.4, 0.5) is 0 Å². The summed E-state index contributed by atoms with van der Waals surface area (Å²) in [5.41, 5.74) is 1.69. The van der Waals surface area contributed by atoms with E-state index < -0.39 is 5.97 Å². The van der Waals surface area contributed by atoms with Crippen LogP contribution in [-0.2, 0) is 4.79 Å². The molecular weight excluding hydrogens is 298 g/mol. The van der Waals surface area contributed by atoms with Crippen LogP contribution in [0.25, 0.3) is 0 Å². The molecule has 1 N–H and O–H groups in total. The zero-order valence-corrected chi connectivity index (χ0v) is 13.7. The molecule has 0 amide bonds. The van der Waals surface area contributed by atoms with E-state index in [2.05, 4.69) is 4.98 Å². The quantitative estimate of drug-likeness (QED) is 0.837. The Morgan fingerprint density at radius 2 is 2.09 bits per heavy atom. The van der Waals surface area contributed by atoms with Gasteiger partial charge in [0.25, 0.3) is 0 Å². The van der Waals surface area contributed by atoms with Crippen molar-refractivity contribution in [2.45, 2.75) is 39.7 Å². The topological polar surface area (TPSA) is 81.8 Å². The van der Waals surface area contributed by atoms with Gasteiger partial charge in [-0.15, -0.1) is 0 Å². The molecule has 1 unspecified atom stereocenters. The van der Waals surface area contributed by atoms with E-state index in [1.165, 1.54) is 6.39 Å². The number of benzene rings is 1. The third kappa shape index (κ3) is 4.25. The molecule has 6 nitrogen and oxygen atoms in total. The van der Waals surface area contributed by atoms with Crippen LogP contribution < -0.4 is 9.47 Å². The fourth-order valence-electron chi connectivity index (χ4n) is 2.26. The second-order valence-electron chi connectivity index (χ2n) is 5.63. The minimum atomic E-state index is -1.01. The molecule has 0 aliphatic carbocycles. The maximum absolute atomic E-state index is 10.5. The van der Waals surface area contributed by atoms with Gasteiger partial charge in [0.1, 0.15) is 11.5 Å². The van der Waals surface area contributed by atoms with Crippen molar-refractivity contribution in [3.8, 4) is 11.5 Å². The Morgan fingerprint density at radius 3 is 2.70 bits per heavy atom. The summed E-state index contributed by atoms with van der Waals surface area (Å²) >= 11 is 0. The molecule has 2 aromatic rings. The van der Waals surface area contributed by atoms with E-state index in [4.69, 9.17) is 19.0 Å². The van der Waals surface area contributed by atoms with Crippen molar-refractivity contribution >= 4 is 5.97 Å². The lowest BCUT2D eigenvalue weighted by atomic mass is 10.1. The van der Waals surface area contributed by atoms with E-state index in [-0.39, 0.29) is 18.6 Å². The molecule has 0 bridgehead atoms. The highest BCUT2D eigenvalue weighted by Gasteiger charge is 2.20. The van der Waals surface area contributed by atoms with Crippen molar-refractivity contribution in [2.24, 2.45) is 0 Å². The fraction of sp³-hybridized carbons (Fsp3) is 0.412. The zero-order chi connectivity index (χ0) is 17.0. The fourth-order valence-corrected chi connectivity index (χ4v) is 2.26. The van der Waals surface area contributed by atoms with Gasteiger partial charge in [-0.1, -0.05) is 13.8 Å². The number of nitrogens with zero attached hydrogens (tertiary/aromatic N) is 1. The van der Waals surface area contributed by atoms with Crippen LogP contribution in [0.5, 0.6) is 11.5 Å². The number of oxazole rings is 1. The monoisotopic (exact) mass is 319 g/mol. The van der Waals surface area contributed by atoms with Crippen LogP contribution in [0.15, 0.2) is 29.0 Å². The second-order valence-corrected chi connectivity index (χ2v) is 5.63. The van der Waals surface area contributed by atoms with Crippen LogP contribution in [-0.4, -0.2) is 22.7 Å². The van der Waals surface area contributed by atoms with Gasteiger partial charge >= 0.3 is 5.97 Å². The van der Waals surface area contributed by atoms with E-state index in [1.807, 2.05) is 27.7 Å². The van der Waals surface area contributed by atoms with Crippen LogP contribution in [0.1, 0.15) is 49.8 Å². The molecule has 0 radical (unpaired) electrons. The SMILES string of the molecule is Cc1cc(OC(C)c2ocnc2C(C)C)ccc1OCC(=O)O. The molecule has 2 rings (SSSR count). The van der Waals surface area contributed by atoms with Gasteiger partial charge < -0.3 is 19.0 Å². The molecule has 0 fully saturated rings. The Balaban J connectivity index is 2.09. The first-order chi connectivity index (χ1) is 10.9. The van der Waals surface area contributed by atoms with Gasteiger partial charge in [-0.2, -0.15) is 0 Å². The van der Waals surface area contributed by atoms with Crippen LogP contribution in [0.2, 0.25) is 0 Å². The largest absolute Gasteiger partial charge is 0.483 e. The maximum atomic E-state index is 10.5. The zero-order valence-electron chi connectivity index (χ0n) is 13.7. The third-order valence-corrected chi connectivity index (χ3v) is 3.35. The molecule has 23 heavy (non-hydrogen) atoms. The Hall–Kier alpha value is -2.50. The molecule has 1 heterocycles. The van der Waals surface area contributed by atoms with Gasteiger partial charge in [-0.3, -0.25) is 0 Å². The molecule has 1 aromatic carbocycles. The molecule has 0 saturated heterocycles. The molecule has 1 aromatic heterocycles. The van der Waals surface area contributed by atoms with E-state index in [9.17, 15) is 4.79 Å². The van der Waals surface area contributed by atoms with Gasteiger partial charge in [-0.05, 0) is 43.5 Å². The average Bonchev–Trinajstić information content (AvgIpc) is 2.96. The highest BCUT2D eigenvalue weighted by molar-refractivity contribution is 5.68. The van der Waals surface area contributed by atoms with Gasteiger partial charge in [0.2, 0.25) is 0 Å². The summed E-state index contributed by atoms with van der Waals surface area (Å²) in [7, 11) is 0. The Kier molecular flexibility index (Phi) is 5.26. The number of rotatable bonds is 7. The number of hydrogen-bond acceptors (Lipinski definition) is 5. The van der Waals surface area contributed by atoms with Crippen LogP contribution in [0.3, 0.4) is 0 Å². The van der Waals surface area contributed by atoms with Crippen molar-refractivity contribution in [1.29, 1.82) is 0 Å². The highest BCUT2D eigenvalue weighted by Crippen LogP contribution is 2.30. The number of aliphatic carboxylic acids is 1. The van der Waals surface area contributed by atoms with Crippen LogP contribution >= 0.6 is 0 Å². The molecule has 124 valence electrons. The molecule has 0 saturated carbocycles. The summed E-state index contributed by atoms with van der Waals surface area (Å²) < 4.78 is 16.6. The molecule has 0 spiro atoms. The first-order valence-corrected chi connectivity index (χ1v) is 7.43. The summed E-state index contributed by atoms with van der Waals surface area (Å²) in [6, 6.07) is 5.25. The van der Waals surface area contributed by atoms with Gasteiger partial charge in [0.15, 0.2) is 24.9 Å². The van der Waals surface area contributed by atoms with E-state index in [1.54, 1.807) is 18.2 Å².